The third kappa shape index (κ3) is 3.49. The second-order valence-corrected chi connectivity index (χ2v) is 7.55. The highest BCUT2D eigenvalue weighted by molar-refractivity contribution is 7.89. The van der Waals surface area contributed by atoms with E-state index < -0.39 is 10.0 Å². The molecule has 0 radical (unpaired) electrons. The summed E-state index contributed by atoms with van der Waals surface area (Å²) in [6, 6.07) is 1.58. The SMILES string of the molecule is CCCNc1ncc(S(=O)(=O)N2CCCC2CC)cc1Cl. The van der Waals surface area contributed by atoms with Crippen LogP contribution in [-0.2, 0) is 10.0 Å². The molecule has 1 aliphatic heterocycles. The molecule has 21 heavy (non-hydrogen) atoms. The van der Waals surface area contributed by atoms with Gasteiger partial charge in [-0.15, -0.1) is 0 Å². The van der Waals surface area contributed by atoms with Gasteiger partial charge in [-0.1, -0.05) is 25.4 Å². The second-order valence-electron chi connectivity index (χ2n) is 5.25. The molecule has 0 aromatic carbocycles. The molecule has 7 heteroatoms. The van der Waals surface area contributed by atoms with Crippen LogP contribution >= 0.6 is 11.6 Å². The molecule has 1 N–H and O–H groups in total. The van der Waals surface area contributed by atoms with Crippen molar-refractivity contribution < 1.29 is 8.42 Å². The number of hydrogen-bond acceptors (Lipinski definition) is 4. The number of aromatic nitrogens is 1. The zero-order valence-corrected chi connectivity index (χ0v) is 14.0. The minimum absolute atomic E-state index is 0.0895. The van der Waals surface area contributed by atoms with Crippen molar-refractivity contribution in [3.8, 4) is 0 Å². The number of sulfonamides is 1. The van der Waals surface area contributed by atoms with Crippen LogP contribution in [-0.4, -0.2) is 36.8 Å². The highest BCUT2D eigenvalue weighted by Gasteiger charge is 2.34. The Morgan fingerprint density at radius 3 is 2.86 bits per heavy atom. The van der Waals surface area contributed by atoms with E-state index in [4.69, 9.17) is 11.6 Å². The molecule has 0 saturated carbocycles. The van der Waals surface area contributed by atoms with Gasteiger partial charge in [0.25, 0.3) is 0 Å². The van der Waals surface area contributed by atoms with Crippen molar-refractivity contribution in [2.24, 2.45) is 0 Å². The normalized spacial score (nSPS) is 19.9. The van der Waals surface area contributed by atoms with Gasteiger partial charge in [0.1, 0.15) is 10.7 Å². The standard InChI is InChI=1S/C14H22ClN3O2S/c1-3-7-16-14-13(15)9-12(10-17-14)21(19,20)18-8-5-6-11(18)4-2/h9-11H,3-8H2,1-2H3,(H,16,17). The van der Waals surface area contributed by atoms with Crippen molar-refractivity contribution in [1.82, 2.24) is 9.29 Å². The first-order chi connectivity index (χ1) is 10.0. The average Bonchev–Trinajstić information content (AvgIpc) is 2.95. The van der Waals surface area contributed by atoms with Crippen LogP contribution in [0.1, 0.15) is 39.5 Å². The highest BCUT2D eigenvalue weighted by atomic mass is 35.5. The number of nitrogens with zero attached hydrogens (tertiary/aromatic N) is 2. The zero-order chi connectivity index (χ0) is 15.5. The van der Waals surface area contributed by atoms with Crippen LogP contribution in [0.15, 0.2) is 17.2 Å². The fourth-order valence-electron chi connectivity index (χ4n) is 2.60. The lowest BCUT2D eigenvalue weighted by atomic mass is 10.2. The first-order valence-electron chi connectivity index (χ1n) is 7.42. The van der Waals surface area contributed by atoms with Crippen molar-refractivity contribution in [1.29, 1.82) is 0 Å². The first kappa shape index (κ1) is 16.5. The molecule has 1 saturated heterocycles. The number of halogens is 1. The van der Waals surface area contributed by atoms with E-state index in [1.165, 1.54) is 12.3 Å². The summed E-state index contributed by atoms with van der Waals surface area (Å²) in [7, 11) is -3.50. The molecule has 0 amide bonds. The van der Waals surface area contributed by atoms with Crippen molar-refractivity contribution in [3.05, 3.63) is 17.3 Å². The van der Waals surface area contributed by atoms with E-state index in [1.54, 1.807) is 4.31 Å². The lowest BCUT2D eigenvalue weighted by molar-refractivity contribution is 0.379. The maximum atomic E-state index is 12.7. The average molecular weight is 332 g/mol. The van der Waals surface area contributed by atoms with Crippen LogP contribution in [0.2, 0.25) is 5.02 Å². The summed E-state index contributed by atoms with van der Waals surface area (Å²) in [6.45, 7) is 5.39. The maximum absolute atomic E-state index is 12.7. The van der Waals surface area contributed by atoms with Crippen molar-refractivity contribution in [3.63, 3.8) is 0 Å². The molecular formula is C14H22ClN3O2S. The summed E-state index contributed by atoms with van der Waals surface area (Å²) in [5.74, 6) is 0.533. The number of rotatable bonds is 6. The molecule has 0 spiro atoms. The quantitative estimate of drug-likeness (QED) is 0.870. The molecule has 1 fully saturated rings. The number of pyridine rings is 1. The van der Waals surface area contributed by atoms with Gasteiger partial charge in [-0.2, -0.15) is 4.31 Å². The van der Waals surface area contributed by atoms with E-state index in [2.05, 4.69) is 10.3 Å². The monoisotopic (exact) mass is 331 g/mol. The molecule has 1 unspecified atom stereocenters. The van der Waals surface area contributed by atoms with Crippen LogP contribution in [0.3, 0.4) is 0 Å². The van der Waals surface area contributed by atoms with E-state index in [9.17, 15) is 8.42 Å². The van der Waals surface area contributed by atoms with E-state index >= 15 is 0 Å². The Labute approximate surface area is 131 Å². The Morgan fingerprint density at radius 1 is 1.48 bits per heavy atom. The van der Waals surface area contributed by atoms with Gasteiger partial charge in [0.15, 0.2) is 0 Å². The molecule has 1 aromatic rings. The molecule has 1 atom stereocenters. The molecule has 0 aliphatic carbocycles. The third-order valence-corrected chi connectivity index (χ3v) is 5.96. The predicted octanol–water partition coefficient (Wildman–Crippen LogP) is 3.12. The van der Waals surface area contributed by atoms with Crippen molar-refractivity contribution in [2.75, 3.05) is 18.4 Å². The smallest absolute Gasteiger partial charge is 0.244 e. The van der Waals surface area contributed by atoms with E-state index in [1.807, 2.05) is 13.8 Å². The maximum Gasteiger partial charge on any atom is 0.244 e. The lowest BCUT2D eigenvalue weighted by Gasteiger charge is -2.23. The van der Waals surface area contributed by atoms with Crippen molar-refractivity contribution >= 4 is 27.4 Å². The number of anilines is 1. The Balaban J connectivity index is 2.26. The molecule has 2 rings (SSSR count). The summed E-state index contributed by atoms with van der Waals surface area (Å²) in [5, 5.41) is 3.42. The highest BCUT2D eigenvalue weighted by Crippen LogP contribution is 2.30. The van der Waals surface area contributed by atoms with E-state index in [-0.39, 0.29) is 10.9 Å². The molecule has 1 aliphatic rings. The Morgan fingerprint density at radius 2 is 2.24 bits per heavy atom. The second kappa shape index (κ2) is 6.94. The van der Waals surface area contributed by atoms with Gasteiger partial charge in [0.2, 0.25) is 10.0 Å². The molecule has 1 aromatic heterocycles. The molecule has 0 bridgehead atoms. The zero-order valence-electron chi connectivity index (χ0n) is 12.5. The first-order valence-corrected chi connectivity index (χ1v) is 9.23. The van der Waals surface area contributed by atoms with Crippen LogP contribution in [0.25, 0.3) is 0 Å². The molecule has 2 heterocycles. The van der Waals surface area contributed by atoms with Crippen LogP contribution < -0.4 is 5.32 Å². The topological polar surface area (TPSA) is 62.3 Å². The Hall–Kier alpha value is -0.850. The van der Waals surface area contributed by atoms with Gasteiger partial charge in [0, 0.05) is 25.3 Å². The molecule has 118 valence electrons. The van der Waals surface area contributed by atoms with Gasteiger partial charge in [-0.25, -0.2) is 13.4 Å². The van der Waals surface area contributed by atoms with E-state index in [0.717, 1.165) is 32.2 Å². The van der Waals surface area contributed by atoms with Gasteiger partial charge >= 0.3 is 0 Å². The van der Waals surface area contributed by atoms with Gasteiger partial charge in [-0.05, 0) is 31.7 Å². The lowest BCUT2D eigenvalue weighted by Crippen LogP contribution is -2.35. The van der Waals surface area contributed by atoms with Gasteiger partial charge in [0.05, 0.1) is 5.02 Å². The van der Waals surface area contributed by atoms with Crippen LogP contribution in [0, 0.1) is 0 Å². The molecular weight excluding hydrogens is 310 g/mol. The summed E-state index contributed by atoms with van der Waals surface area (Å²) >= 11 is 6.14. The number of nitrogens with one attached hydrogen (secondary N) is 1. The van der Waals surface area contributed by atoms with Crippen LogP contribution in [0.5, 0.6) is 0 Å². The fraction of sp³-hybridized carbons (Fsp3) is 0.643. The van der Waals surface area contributed by atoms with E-state index in [0.29, 0.717) is 17.4 Å². The molecule has 5 nitrogen and oxygen atoms in total. The van der Waals surface area contributed by atoms with Crippen LogP contribution in [0.4, 0.5) is 5.82 Å². The predicted molar refractivity (Wildman–Crippen MR) is 85.2 cm³/mol. The third-order valence-electron chi connectivity index (χ3n) is 3.76. The van der Waals surface area contributed by atoms with Gasteiger partial charge in [-0.3, -0.25) is 0 Å². The summed E-state index contributed by atoms with van der Waals surface area (Å²) in [6.07, 6.45) is 5.01. The Kier molecular flexibility index (Phi) is 5.46. The minimum Gasteiger partial charge on any atom is -0.369 e. The van der Waals surface area contributed by atoms with Gasteiger partial charge < -0.3 is 5.32 Å². The summed E-state index contributed by atoms with van der Waals surface area (Å²) < 4.78 is 27.0. The largest absolute Gasteiger partial charge is 0.369 e. The summed E-state index contributed by atoms with van der Waals surface area (Å²) in [4.78, 5) is 4.33. The van der Waals surface area contributed by atoms with Crippen molar-refractivity contribution in [2.45, 2.75) is 50.5 Å². The fourth-order valence-corrected chi connectivity index (χ4v) is 4.64. The Bertz CT molecular complexity index is 592. The minimum atomic E-state index is -3.50. The number of hydrogen-bond donors (Lipinski definition) is 1. The summed E-state index contributed by atoms with van der Waals surface area (Å²) in [5.41, 5.74) is 0.